The van der Waals surface area contributed by atoms with E-state index < -0.39 is 48.0 Å². The maximum Gasteiger partial charge on any atom is 1.00 e. The Morgan fingerprint density at radius 2 is 0.935 bits per heavy atom. The molecule has 0 aliphatic carbocycles. The van der Waals surface area contributed by atoms with E-state index in [1.165, 1.54) is 22.9 Å². The fourth-order valence-corrected chi connectivity index (χ4v) is 5.80. The van der Waals surface area contributed by atoms with E-state index in [4.69, 9.17) is 57.0 Å². The van der Waals surface area contributed by atoms with E-state index in [9.17, 15) is 44.3 Å². The molecule has 6 aromatic rings. The third-order valence-electron chi connectivity index (χ3n) is 7.19. The maximum atomic E-state index is 12.7. The third-order valence-corrected chi connectivity index (χ3v) is 8.73. The largest absolute Gasteiger partial charge is 1.00 e. The molecule has 3 aromatic heterocycles. The van der Waals surface area contributed by atoms with Gasteiger partial charge >= 0.3 is 105 Å². The third kappa shape index (κ3) is 16.2. The molecule has 0 aliphatic heterocycles. The van der Waals surface area contributed by atoms with Gasteiger partial charge in [-0.25, -0.2) is 14.0 Å². The topological polar surface area (TPSA) is 168 Å². The molecule has 0 atom stereocenters. The first-order chi connectivity index (χ1) is 27.6. The summed E-state index contributed by atoms with van der Waals surface area (Å²) >= 11 is 20.9. The normalized spacial score (nSPS) is 10.7. The van der Waals surface area contributed by atoms with E-state index in [1.54, 1.807) is 54.6 Å². The van der Waals surface area contributed by atoms with Crippen LogP contribution in [-0.4, -0.2) is 45.9 Å². The average molecular weight is 1030 g/mol. The summed E-state index contributed by atoms with van der Waals surface area (Å²) in [5, 5.41) is 35.2. The Morgan fingerprint density at radius 1 is 0.645 bits per heavy atom. The molecule has 3 heterocycles. The smallest absolute Gasteiger partial charge is 0.870 e. The number of carbonyl (C=O) groups is 1. The molecule has 0 saturated carbocycles. The molecule has 26 heteroatoms. The van der Waals surface area contributed by atoms with Crippen molar-refractivity contribution in [3.63, 3.8) is 0 Å². The van der Waals surface area contributed by atoms with Crippen molar-refractivity contribution in [2.24, 2.45) is 0 Å². The Labute approximate surface area is 434 Å². The van der Waals surface area contributed by atoms with Crippen molar-refractivity contribution in [2.75, 3.05) is 0 Å². The number of aliphatic carboxylic acids is 1. The van der Waals surface area contributed by atoms with Gasteiger partial charge in [-0.15, -0.1) is 0 Å². The minimum Gasteiger partial charge on any atom is -0.870 e. The van der Waals surface area contributed by atoms with Gasteiger partial charge in [0.25, 0.3) is 0 Å². The van der Waals surface area contributed by atoms with Crippen LogP contribution in [0.2, 0.25) is 15.1 Å². The second-order valence-corrected chi connectivity index (χ2v) is 13.0. The second-order valence-electron chi connectivity index (χ2n) is 11.2. The van der Waals surface area contributed by atoms with E-state index in [2.05, 4.69) is 31.2 Å². The molecule has 2 N–H and O–H groups in total. The van der Waals surface area contributed by atoms with Crippen LogP contribution in [0.25, 0.3) is 17.1 Å². The summed E-state index contributed by atoms with van der Waals surface area (Å²) in [6.45, 7) is 4.75. The maximum absolute atomic E-state index is 12.7. The minimum atomic E-state index is -4.65. The number of benzene rings is 3. The number of hydrogen-bond acceptors (Lipinski definition) is 7. The zero-order chi connectivity index (χ0) is 44.3. The van der Waals surface area contributed by atoms with Crippen LogP contribution in [0.3, 0.4) is 0 Å². The summed E-state index contributed by atoms with van der Waals surface area (Å²) < 4.78 is 117. The molecule has 6 rings (SSSR count). The summed E-state index contributed by atoms with van der Waals surface area (Å²) in [7, 11) is 0. The zero-order valence-electron chi connectivity index (χ0n) is 31.6. The fraction of sp³-hybridized carbons (Fsp3) is 0.167. The first-order valence-corrected chi connectivity index (χ1v) is 18.0. The molecule has 0 spiro atoms. The first-order valence-electron chi connectivity index (χ1n) is 15.8. The number of para-hydroxylation sites is 3. The molecule has 11 nitrogen and oxygen atoms in total. The Balaban J connectivity index is 0.000000862. The number of rotatable bonds is 7. The molecular weight excluding hydrogens is 1010 g/mol. The molecular formula is C36H23BrCl3F9KN8NaO3. The van der Waals surface area contributed by atoms with Crippen molar-refractivity contribution in [1.29, 1.82) is 10.5 Å². The van der Waals surface area contributed by atoms with Gasteiger partial charge in [0.05, 0.1) is 68.1 Å². The van der Waals surface area contributed by atoms with Gasteiger partial charge in [-0.1, -0.05) is 87.1 Å². The summed E-state index contributed by atoms with van der Waals surface area (Å²) in [6.07, 6.45) is -14.5. The van der Waals surface area contributed by atoms with Crippen molar-refractivity contribution in [2.45, 2.75) is 36.7 Å². The van der Waals surface area contributed by atoms with Crippen LogP contribution < -0.4 is 80.9 Å². The molecule has 62 heavy (non-hydrogen) atoms. The molecule has 0 fully saturated rings. The number of nitriles is 1. The number of aromatic nitrogens is 6. The van der Waals surface area contributed by atoms with Crippen molar-refractivity contribution >= 4 is 56.7 Å². The van der Waals surface area contributed by atoms with Gasteiger partial charge in [-0.05, 0) is 54.6 Å². The number of hydrogen-bond donors (Lipinski definition) is 1. The van der Waals surface area contributed by atoms with Crippen LogP contribution in [0, 0.1) is 23.2 Å². The van der Waals surface area contributed by atoms with E-state index in [0.717, 1.165) is 21.5 Å². The Hall–Kier alpha value is -2.94. The molecule has 0 amide bonds. The average Bonchev–Trinajstić information content (AvgIpc) is 3.91. The number of carboxylic acids is 1. The van der Waals surface area contributed by atoms with Crippen LogP contribution in [-0.2, 0) is 41.5 Å². The van der Waals surface area contributed by atoms with Crippen LogP contribution >= 0.6 is 50.7 Å². The molecule has 0 radical (unpaired) electrons. The van der Waals surface area contributed by atoms with E-state index in [-0.39, 0.29) is 125 Å². The molecule has 0 unspecified atom stereocenters. The summed E-state index contributed by atoms with van der Waals surface area (Å²) in [4.78, 5) is 10.7. The number of nitrogens with zero attached hydrogens (tertiary/aromatic N) is 8. The summed E-state index contributed by atoms with van der Waals surface area (Å²) in [5.74, 6) is -1.26. The van der Waals surface area contributed by atoms with Crippen molar-refractivity contribution in [1.82, 2.24) is 29.3 Å². The van der Waals surface area contributed by atoms with Crippen LogP contribution in [0.15, 0.2) is 91.0 Å². The van der Waals surface area contributed by atoms with Crippen LogP contribution in [0.1, 0.15) is 34.2 Å². The number of carboxylic acid groups (broad SMARTS) is 1. The summed E-state index contributed by atoms with van der Waals surface area (Å²) in [5.41, 5.74) is -1.78. The van der Waals surface area contributed by atoms with Crippen molar-refractivity contribution in [3.05, 3.63) is 147 Å². The summed E-state index contributed by atoms with van der Waals surface area (Å²) in [6, 6.07) is 23.5. The van der Waals surface area contributed by atoms with Crippen LogP contribution in [0.5, 0.6) is 0 Å². The van der Waals surface area contributed by atoms with Crippen molar-refractivity contribution < 1.29 is 136 Å². The predicted molar refractivity (Wildman–Crippen MR) is 201 cm³/mol. The number of alkyl halides is 10. The molecule has 318 valence electrons. The zero-order valence-corrected chi connectivity index (χ0v) is 40.6. The Kier molecular flexibility index (Phi) is 24.9. The van der Waals surface area contributed by atoms with E-state index >= 15 is 0 Å². The van der Waals surface area contributed by atoms with E-state index in [0.29, 0.717) is 28.2 Å². The molecule has 3 aromatic carbocycles. The predicted octanol–water partition coefficient (Wildman–Crippen LogP) is 5.15. The molecule has 0 saturated heterocycles. The van der Waals surface area contributed by atoms with Gasteiger partial charge in [0.2, 0.25) is 0 Å². The SMILES string of the molecule is FC(F)(F)c1cc(CBr)n(-c2ccccc2Cl)n1.N#CCc1cc(C(F)(F)F)nn1-c1ccccc1Cl.O=C(O)Cc1cc(C(F)(F)F)nn1-c1ccccc1Cl.[C-]#N.[K+].[Na+].[OH-]. The monoisotopic (exact) mass is 1030 g/mol. The first kappa shape index (κ1) is 59.1. The molecule has 0 aliphatic rings. The standard InChI is InChI=1S/C12H7ClF3N3.C12H8ClF3N2O2.C11H7BrClF3N2.CN.K.Na.H2O/c13-9-3-1-2-4-10(9)19-8(5-6-17)7-11(18-19)12(14,15)16;13-8-3-1-2-4-9(8)18-7(6-11(19)20)5-10(17-18)12(14,15)16;12-6-7-5-10(11(14,15)16)17-18(7)9-4-2-1-3-8(9)13;1-2;;;/h1-4,7H,5H2;1-5H,6H2,(H,19,20);1-5H,6H2;;;;1H2/q;;;-1;2*+1;/p-1. The van der Waals surface area contributed by atoms with Gasteiger partial charge in [0, 0.05) is 5.33 Å². The Bertz CT molecular complexity index is 2460. The fourth-order valence-electron chi connectivity index (χ4n) is 4.75. The Morgan fingerprint density at radius 3 is 1.23 bits per heavy atom. The van der Waals surface area contributed by atoms with Crippen molar-refractivity contribution in [3.8, 4) is 23.1 Å². The van der Waals surface area contributed by atoms with E-state index in [1.807, 2.05) is 6.07 Å². The van der Waals surface area contributed by atoms with Gasteiger partial charge in [0.15, 0.2) is 17.1 Å². The van der Waals surface area contributed by atoms with Gasteiger partial charge in [0.1, 0.15) is 0 Å². The van der Waals surface area contributed by atoms with Gasteiger partial charge < -0.3 is 22.4 Å². The minimum absolute atomic E-state index is 0. The quantitative estimate of drug-likeness (QED) is 0.0993. The molecule has 0 bridgehead atoms. The van der Waals surface area contributed by atoms with Gasteiger partial charge in [-0.2, -0.15) is 60.1 Å². The van der Waals surface area contributed by atoms with Gasteiger partial charge in [-0.3, -0.25) is 4.79 Å². The second kappa shape index (κ2) is 26.1. The number of halogens is 13. The van der Waals surface area contributed by atoms with Crippen LogP contribution in [0.4, 0.5) is 39.5 Å².